The maximum Gasteiger partial charge on any atom is 0.123 e. The van der Waals surface area contributed by atoms with Crippen LogP contribution in [0.25, 0.3) is 0 Å². The van der Waals surface area contributed by atoms with Crippen molar-refractivity contribution in [2.75, 3.05) is 7.11 Å². The van der Waals surface area contributed by atoms with Crippen molar-refractivity contribution in [1.29, 1.82) is 0 Å². The topological polar surface area (TPSA) is 53.1 Å². The van der Waals surface area contributed by atoms with E-state index in [0.29, 0.717) is 6.54 Å². The zero-order valence-corrected chi connectivity index (χ0v) is 11.1. The van der Waals surface area contributed by atoms with E-state index in [1.807, 2.05) is 37.5 Å². The predicted molar refractivity (Wildman–Crippen MR) is 71.6 cm³/mol. The SMILES string of the molecule is COc1ccccc1C(N)Cn1cnc(C)c1C. The van der Waals surface area contributed by atoms with Crippen molar-refractivity contribution in [2.45, 2.75) is 26.4 Å². The molecule has 0 spiro atoms. The number of ether oxygens (including phenoxy) is 1. The molecule has 0 radical (unpaired) electrons. The number of para-hydroxylation sites is 1. The van der Waals surface area contributed by atoms with Gasteiger partial charge in [-0.05, 0) is 19.9 Å². The third kappa shape index (κ3) is 2.38. The molecular weight excluding hydrogens is 226 g/mol. The average Bonchev–Trinajstić information content (AvgIpc) is 2.70. The second kappa shape index (κ2) is 5.23. The number of aryl methyl sites for hydroxylation is 1. The minimum atomic E-state index is -0.103. The summed E-state index contributed by atoms with van der Waals surface area (Å²) in [5.74, 6) is 0.833. The lowest BCUT2D eigenvalue weighted by molar-refractivity contribution is 0.402. The van der Waals surface area contributed by atoms with Crippen molar-refractivity contribution < 1.29 is 4.74 Å². The number of hydrogen-bond acceptors (Lipinski definition) is 3. The van der Waals surface area contributed by atoms with Crippen LogP contribution in [0.2, 0.25) is 0 Å². The normalized spacial score (nSPS) is 12.4. The van der Waals surface area contributed by atoms with Gasteiger partial charge in [0, 0.05) is 17.8 Å². The minimum Gasteiger partial charge on any atom is -0.496 e. The van der Waals surface area contributed by atoms with Crippen LogP contribution in [0.5, 0.6) is 5.75 Å². The maximum atomic E-state index is 6.25. The van der Waals surface area contributed by atoms with Crippen LogP contribution in [0, 0.1) is 13.8 Å². The van der Waals surface area contributed by atoms with Crippen LogP contribution >= 0.6 is 0 Å². The Morgan fingerprint density at radius 2 is 2.06 bits per heavy atom. The van der Waals surface area contributed by atoms with Gasteiger partial charge in [-0.2, -0.15) is 0 Å². The zero-order valence-electron chi connectivity index (χ0n) is 11.1. The summed E-state index contributed by atoms with van der Waals surface area (Å²) < 4.78 is 7.41. The third-order valence-corrected chi connectivity index (χ3v) is 3.28. The van der Waals surface area contributed by atoms with Gasteiger partial charge in [0.1, 0.15) is 5.75 Å². The fraction of sp³-hybridized carbons (Fsp3) is 0.357. The van der Waals surface area contributed by atoms with Gasteiger partial charge in [0.05, 0.1) is 25.2 Å². The van der Waals surface area contributed by atoms with Gasteiger partial charge < -0.3 is 15.0 Å². The Morgan fingerprint density at radius 3 is 2.67 bits per heavy atom. The van der Waals surface area contributed by atoms with E-state index in [1.165, 1.54) is 0 Å². The number of aromatic nitrogens is 2. The molecule has 0 amide bonds. The molecule has 4 heteroatoms. The molecule has 1 aromatic carbocycles. The number of rotatable bonds is 4. The molecule has 1 unspecified atom stereocenters. The molecule has 1 atom stereocenters. The Balaban J connectivity index is 2.22. The van der Waals surface area contributed by atoms with Crippen LogP contribution < -0.4 is 10.5 Å². The van der Waals surface area contributed by atoms with E-state index in [2.05, 4.69) is 16.5 Å². The first-order valence-corrected chi connectivity index (χ1v) is 6.00. The van der Waals surface area contributed by atoms with Crippen molar-refractivity contribution in [3.05, 3.63) is 47.5 Å². The highest BCUT2D eigenvalue weighted by Crippen LogP contribution is 2.24. The first-order valence-electron chi connectivity index (χ1n) is 6.00. The molecular formula is C14H19N3O. The van der Waals surface area contributed by atoms with Crippen LogP contribution in [0.4, 0.5) is 0 Å². The van der Waals surface area contributed by atoms with Crippen LogP contribution in [0.3, 0.4) is 0 Å². The summed E-state index contributed by atoms with van der Waals surface area (Å²) in [6, 6.07) is 7.75. The van der Waals surface area contributed by atoms with E-state index < -0.39 is 0 Å². The standard InChI is InChI=1S/C14H19N3O/c1-10-11(2)17(9-16-10)8-13(15)12-6-4-5-7-14(12)18-3/h4-7,9,13H,8,15H2,1-3H3. The summed E-state index contributed by atoms with van der Waals surface area (Å²) >= 11 is 0. The first kappa shape index (κ1) is 12.6. The number of nitrogens with two attached hydrogens (primary N) is 1. The Labute approximate surface area is 107 Å². The zero-order chi connectivity index (χ0) is 13.1. The highest BCUT2D eigenvalue weighted by molar-refractivity contribution is 5.35. The summed E-state index contributed by atoms with van der Waals surface area (Å²) in [6.45, 7) is 4.75. The lowest BCUT2D eigenvalue weighted by atomic mass is 10.1. The van der Waals surface area contributed by atoms with Gasteiger partial charge in [0.2, 0.25) is 0 Å². The molecule has 1 heterocycles. The molecule has 0 fully saturated rings. The largest absolute Gasteiger partial charge is 0.496 e. The summed E-state index contributed by atoms with van der Waals surface area (Å²) in [5, 5.41) is 0. The van der Waals surface area contributed by atoms with Gasteiger partial charge in [-0.3, -0.25) is 0 Å². The Bertz CT molecular complexity index is 534. The average molecular weight is 245 g/mol. The first-order chi connectivity index (χ1) is 8.63. The van der Waals surface area contributed by atoms with Crippen molar-refractivity contribution in [3.63, 3.8) is 0 Å². The van der Waals surface area contributed by atoms with E-state index in [9.17, 15) is 0 Å². The number of nitrogens with zero attached hydrogens (tertiary/aromatic N) is 2. The van der Waals surface area contributed by atoms with E-state index in [-0.39, 0.29) is 6.04 Å². The predicted octanol–water partition coefficient (Wildman–Crippen LogP) is 2.21. The van der Waals surface area contributed by atoms with Gasteiger partial charge in [0.15, 0.2) is 0 Å². The van der Waals surface area contributed by atoms with E-state index in [1.54, 1.807) is 7.11 Å². The van der Waals surface area contributed by atoms with Gasteiger partial charge in [0.25, 0.3) is 0 Å². The molecule has 4 nitrogen and oxygen atoms in total. The third-order valence-electron chi connectivity index (χ3n) is 3.28. The maximum absolute atomic E-state index is 6.25. The number of benzene rings is 1. The lowest BCUT2D eigenvalue weighted by Gasteiger charge is -2.17. The Hall–Kier alpha value is -1.81. The van der Waals surface area contributed by atoms with Crippen LogP contribution in [-0.4, -0.2) is 16.7 Å². The molecule has 0 aliphatic rings. The highest BCUT2D eigenvalue weighted by Gasteiger charge is 2.13. The summed E-state index contributed by atoms with van der Waals surface area (Å²) in [7, 11) is 1.66. The van der Waals surface area contributed by atoms with Crippen LogP contribution in [0.1, 0.15) is 23.0 Å². The quantitative estimate of drug-likeness (QED) is 0.898. The van der Waals surface area contributed by atoms with Gasteiger partial charge in [-0.25, -0.2) is 4.98 Å². The van der Waals surface area contributed by atoms with Gasteiger partial charge in [-0.15, -0.1) is 0 Å². The van der Waals surface area contributed by atoms with Gasteiger partial charge in [-0.1, -0.05) is 18.2 Å². The summed E-state index contributed by atoms with van der Waals surface area (Å²) in [5.41, 5.74) is 9.47. The molecule has 0 aliphatic carbocycles. The summed E-state index contributed by atoms with van der Waals surface area (Å²) in [6.07, 6.45) is 1.83. The number of hydrogen-bond donors (Lipinski definition) is 1. The van der Waals surface area contributed by atoms with Crippen LogP contribution in [-0.2, 0) is 6.54 Å². The molecule has 18 heavy (non-hydrogen) atoms. The van der Waals surface area contributed by atoms with E-state index >= 15 is 0 Å². The molecule has 1 aromatic heterocycles. The molecule has 0 saturated heterocycles. The van der Waals surface area contributed by atoms with Crippen LogP contribution in [0.15, 0.2) is 30.6 Å². The Morgan fingerprint density at radius 1 is 1.33 bits per heavy atom. The number of methoxy groups -OCH3 is 1. The van der Waals surface area contributed by atoms with E-state index in [0.717, 1.165) is 22.7 Å². The second-order valence-corrected chi connectivity index (χ2v) is 4.42. The molecule has 2 N–H and O–H groups in total. The fourth-order valence-electron chi connectivity index (χ4n) is 2.01. The lowest BCUT2D eigenvalue weighted by Crippen LogP contribution is -2.18. The second-order valence-electron chi connectivity index (χ2n) is 4.42. The van der Waals surface area contributed by atoms with Gasteiger partial charge >= 0.3 is 0 Å². The molecule has 2 aromatic rings. The molecule has 0 aliphatic heterocycles. The molecule has 96 valence electrons. The Kier molecular flexibility index (Phi) is 3.67. The number of imidazole rings is 1. The molecule has 2 rings (SSSR count). The highest BCUT2D eigenvalue weighted by atomic mass is 16.5. The van der Waals surface area contributed by atoms with E-state index in [4.69, 9.17) is 10.5 Å². The molecule has 0 bridgehead atoms. The summed E-state index contributed by atoms with van der Waals surface area (Å²) in [4.78, 5) is 4.28. The monoisotopic (exact) mass is 245 g/mol. The van der Waals surface area contributed by atoms with Crippen molar-refractivity contribution in [3.8, 4) is 5.75 Å². The smallest absolute Gasteiger partial charge is 0.123 e. The fourth-order valence-corrected chi connectivity index (χ4v) is 2.01. The minimum absolute atomic E-state index is 0.103. The molecule has 0 saturated carbocycles. The van der Waals surface area contributed by atoms with Crippen molar-refractivity contribution in [1.82, 2.24) is 9.55 Å². The van der Waals surface area contributed by atoms with Crippen molar-refractivity contribution >= 4 is 0 Å². The van der Waals surface area contributed by atoms with Crippen molar-refractivity contribution in [2.24, 2.45) is 5.73 Å².